The molecule has 0 atom stereocenters. The number of ether oxygens (including phenoxy) is 1. The Kier molecular flexibility index (Phi) is 4.95. The Morgan fingerprint density at radius 1 is 1.47 bits per heavy atom. The molecule has 0 bridgehead atoms. The monoisotopic (exact) mass is 208 g/mol. The Labute approximate surface area is 91.9 Å². The molecule has 0 aromatic carbocycles. The highest BCUT2D eigenvalue weighted by Gasteiger charge is 2.01. The maximum absolute atomic E-state index is 5.20. The first-order valence-corrected chi connectivity index (χ1v) is 5.47. The quantitative estimate of drug-likeness (QED) is 0.730. The lowest BCUT2D eigenvalue weighted by molar-refractivity contribution is 0.414. The minimum atomic E-state index is 0.762. The molecule has 1 rings (SSSR count). The summed E-state index contributed by atoms with van der Waals surface area (Å²) in [4.78, 5) is 4.23. The summed E-state index contributed by atoms with van der Waals surface area (Å²) in [6.07, 6.45) is 4.17. The Morgan fingerprint density at radius 2 is 2.27 bits per heavy atom. The highest BCUT2D eigenvalue weighted by Crippen LogP contribution is 2.19. The van der Waals surface area contributed by atoms with Crippen LogP contribution in [-0.2, 0) is 0 Å². The van der Waals surface area contributed by atoms with E-state index >= 15 is 0 Å². The van der Waals surface area contributed by atoms with Crippen molar-refractivity contribution in [1.82, 2.24) is 4.98 Å². The standard InChI is InChI=1S/C12H20N2O/c1-10(2)6-4-8-13-12-11(15-3)7-5-9-14-12/h5,7,9-10H,4,6,8H2,1-3H3,(H,13,14). The van der Waals surface area contributed by atoms with Crippen molar-refractivity contribution in [2.75, 3.05) is 19.0 Å². The number of nitrogens with zero attached hydrogens (tertiary/aromatic N) is 1. The minimum absolute atomic E-state index is 0.762. The molecule has 3 nitrogen and oxygen atoms in total. The van der Waals surface area contributed by atoms with Crippen LogP contribution in [0.15, 0.2) is 18.3 Å². The molecule has 1 N–H and O–H groups in total. The van der Waals surface area contributed by atoms with Crippen molar-refractivity contribution >= 4 is 5.82 Å². The summed E-state index contributed by atoms with van der Waals surface area (Å²) in [7, 11) is 1.66. The van der Waals surface area contributed by atoms with Crippen molar-refractivity contribution < 1.29 is 4.74 Å². The Bertz CT molecular complexity index is 287. The van der Waals surface area contributed by atoms with E-state index in [2.05, 4.69) is 24.1 Å². The first-order chi connectivity index (χ1) is 7.24. The average molecular weight is 208 g/mol. The molecule has 0 spiro atoms. The maximum atomic E-state index is 5.20. The van der Waals surface area contributed by atoms with E-state index in [9.17, 15) is 0 Å². The predicted octanol–water partition coefficient (Wildman–Crippen LogP) is 2.94. The summed E-state index contributed by atoms with van der Waals surface area (Å²) in [5.41, 5.74) is 0. The maximum Gasteiger partial charge on any atom is 0.168 e. The first-order valence-electron chi connectivity index (χ1n) is 5.47. The van der Waals surface area contributed by atoms with E-state index in [1.807, 2.05) is 12.1 Å². The highest BCUT2D eigenvalue weighted by molar-refractivity contribution is 5.49. The smallest absolute Gasteiger partial charge is 0.168 e. The number of hydrogen-bond donors (Lipinski definition) is 1. The molecule has 1 heterocycles. The van der Waals surface area contributed by atoms with Crippen molar-refractivity contribution in [1.29, 1.82) is 0 Å². The molecule has 0 aliphatic rings. The number of methoxy groups -OCH3 is 1. The second-order valence-corrected chi connectivity index (χ2v) is 4.02. The number of anilines is 1. The molecule has 84 valence electrons. The van der Waals surface area contributed by atoms with Gasteiger partial charge < -0.3 is 10.1 Å². The third-order valence-corrected chi connectivity index (χ3v) is 2.24. The number of rotatable bonds is 6. The van der Waals surface area contributed by atoms with Gasteiger partial charge >= 0.3 is 0 Å². The minimum Gasteiger partial charge on any atom is -0.493 e. The van der Waals surface area contributed by atoms with Crippen LogP contribution in [0.5, 0.6) is 5.75 Å². The molecule has 0 unspecified atom stereocenters. The van der Waals surface area contributed by atoms with Gasteiger partial charge in [0.1, 0.15) is 0 Å². The molecule has 0 fully saturated rings. The zero-order chi connectivity index (χ0) is 11.1. The van der Waals surface area contributed by atoms with E-state index in [0.717, 1.165) is 30.5 Å². The number of nitrogens with one attached hydrogen (secondary N) is 1. The van der Waals surface area contributed by atoms with Crippen LogP contribution in [0.4, 0.5) is 5.82 Å². The fourth-order valence-corrected chi connectivity index (χ4v) is 1.41. The normalized spacial score (nSPS) is 10.4. The van der Waals surface area contributed by atoms with Gasteiger partial charge in [-0.1, -0.05) is 13.8 Å². The molecule has 0 saturated heterocycles. The summed E-state index contributed by atoms with van der Waals surface area (Å²) < 4.78 is 5.20. The van der Waals surface area contributed by atoms with Crippen LogP contribution in [-0.4, -0.2) is 18.6 Å². The van der Waals surface area contributed by atoms with Gasteiger partial charge in [-0.2, -0.15) is 0 Å². The number of pyridine rings is 1. The molecule has 0 aliphatic heterocycles. The van der Waals surface area contributed by atoms with Crippen molar-refractivity contribution in [2.45, 2.75) is 26.7 Å². The van der Waals surface area contributed by atoms with Gasteiger partial charge in [0.25, 0.3) is 0 Å². The zero-order valence-corrected chi connectivity index (χ0v) is 9.79. The molecule has 3 heteroatoms. The lowest BCUT2D eigenvalue weighted by Crippen LogP contribution is -2.05. The molecule has 1 aromatic heterocycles. The molecule has 0 radical (unpaired) electrons. The van der Waals surface area contributed by atoms with Crippen LogP contribution >= 0.6 is 0 Å². The molecule has 0 aliphatic carbocycles. The van der Waals surface area contributed by atoms with Gasteiger partial charge in [0, 0.05) is 12.7 Å². The summed E-state index contributed by atoms with van der Waals surface area (Å²) in [5.74, 6) is 2.41. The van der Waals surface area contributed by atoms with E-state index in [1.54, 1.807) is 13.3 Å². The Hall–Kier alpha value is -1.25. The molecule has 15 heavy (non-hydrogen) atoms. The average Bonchev–Trinajstić information content (AvgIpc) is 2.24. The van der Waals surface area contributed by atoms with Gasteiger partial charge in [0.15, 0.2) is 11.6 Å². The van der Waals surface area contributed by atoms with Crippen molar-refractivity contribution in [3.8, 4) is 5.75 Å². The van der Waals surface area contributed by atoms with Crippen molar-refractivity contribution in [3.63, 3.8) is 0 Å². The van der Waals surface area contributed by atoms with Crippen molar-refractivity contribution in [2.24, 2.45) is 5.92 Å². The van der Waals surface area contributed by atoms with Gasteiger partial charge in [-0.05, 0) is 30.9 Å². The molecule has 0 saturated carbocycles. The second kappa shape index (κ2) is 6.27. The van der Waals surface area contributed by atoms with Gasteiger partial charge in [-0.25, -0.2) is 4.98 Å². The van der Waals surface area contributed by atoms with Crippen LogP contribution in [0.2, 0.25) is 0 Å². The topological polar surface area (TPSA) is 34.1 Å². The third kappa shape index (κ3) is 4.19. The van der Waals surface area contributed by atoms with Gasteiger partial charge in [-0.3, -0.25) is 0 Å². The predicted molar refractivity (Wildman–Crippen MR) is 63.4 cm³/mol. The van der Waals surface area contributed by atoms with E-state index in [-0.39, 0.29) is 0 Å². The van der Waals surface area contributed by atoms with Crippen LogP contribution in [0, 0.1) is 5.92 Å². The molecule has 0 amide bonds. The van der Waals surface area contributed by atoms with Crippen LogP contribution in [0.3, 0.4) is 0 Å². The fraction of sp³-hybridized carbons (Fsp3) is 0.583. The molecular weight excluding hydrogens is 188 g/mol. The second-order valence-electron chi connectivity index (χ2n) is 4.02. The summed E-state index contributed by atoms with van der Waals surface area (Å²) in [5, 5.41) is 3.28. The molecular formula is C12H20N2O. The lowest BCUT2D eigenvalue weighted by atomic mass is 10.1. The molecule has 1 aromatic rings. The van der Waals surface area contributed by atoms with E-state index in [1.165, 1.54) is 6.42 Å². The van der Waals surface area contributed by atoms with E-state index in [4.69, 9.17) is 4.74 Å². The first kappa shape index (κ1) is 11.8. The lowest BCUT2D eigenvalue weighted by Gasteiger charge is -2.10. The Morgan fingerprint density at radius 3 is 2.93 bits per heavy atom. The van der Waals surface area contributed by atoms with Gasteiger partial charge in [0.05, 0.1) is 7.11 Å². The Balaban J connectivity index is 2.36. The van der Waals surface area contributed by atoms with Crippen LogP contribution in [0.1, 0.15) is 26.7 Å². The van der Waals surface area contributed by atoms with E-state index in [0.29, 0.717) is 0 Å². The van der Waals surface area contributed by atoms with Gasteiger partial charge in [0.2, 0.25) is 0 Å². The zero-order valence-electron chi connectivity index (χ0n) is 9.79. The van der Waals surface area contributed by atoms with Crippen LogP contribution < -0.4 is 10.1 Å². The summed E-state index contributed by atoms with van der Waals surface area (Å²) >= 11 is 0. The van der Waals surface area contributed by atoms with Crippen LogP contribution in [0.25, 0.3) is 0 Å². The SMILES string of the molecule is COc1cccnc1NCCCC(C)C. The number of aromatic nitrogens is 1. The fourth-order valence-electron chi connectivity index (χ4n) is 1.41. The van der Waals surface area contributed by atoms with Gasteiger partial charge in [-0.15, -0.1) is 0 Å². The summed E-state index contributed by atoms with van der Waals surface area (Å²) in [6.45, 7) is 5.42. The largest absolute Gasteiger partial charge is 0.493 e. The third-order valence-electron chi connectivity index (χ3n) is 2.24. The van der Waals surface area contributed by atoms with E-state index < -0.39 is 0 Å². The number of hydrogen-bond acceptors (Lipinski definition) is 3. The summed E-state index contributed by atoms with van der Waals surface area (Å²) in [6, 6.07) is 3.79. The van der Waals surface area contributed by atoms with Crippen molar-refractivity contribution in [3.05, 3.63) is 18.3 Å². The highest BCUT2D eigenvalue weighted by atomic mass is 16.5.